The Bertz CT molecular complexity index is 436. The second-order valence-corrected chi connectivity index (χ2v) is 10.2. The summed E-state index contributed by atoms with van der Waals surface area (Å²) >= 11 is 0. The zero-order chi connectivity index (χ0) is 15.4. The number of carbonyl (C=O) groups is 1. The van der Waals surface area contributed by atoms with Gasteiger partial charge in [0.1, 0.15) is 14.2 Å². The van der Waals surface area contributed by atoms with E-state index >= 15 is 0 Å². The van der Waals surface area contributed by atoms with E-state index in [0.29, 0.717) is 18.1 Å². The van der Waals surface area contributed by atoms with E-state index in [4.69, 9.17) is 0 Å². The van der Waals surface area contributed by atoms with Crippen LogP contribution in [0, 0.1) is 0 Å². The molecule has 5 heteroatoms. The molecule has 0 aliphatic heterocycles. The fraction of sp³-hybridized carbons (Fsp3) is 0.533. The van der Waals surface area contributed by atoms with Gasteiger partial charge in [0.25, 0.3) is 0 Å². The third-order valence-electron chi connectivity index (χ3n) is 4.27. The van der Waals surface area contributed by atoms with Gasteiger partial charge in [-0.2, -0.15) is 8.78 Å². The molecule has 0 heterocycles. The van der Waals surface area contributed by atoms with Crippen LogP contribution in [0.2, 0.25) is 18.1 Å². The summed E-state index contributed by atoms with van der Waals surface area (Å²) in [6.07, 6.45) is -2.06. The van der Waals surface area contributed by atoms with E-state index in [9.17, 15) is 18.7 Å². The van der Waals surface area contributed by atoms with Gasteiger partial charge in [-0.1, -0.05) is 69.2 Å². The predicted octanol–water partition coefficient (Wildman–Crippen LogP) is 3.97. The highest BCUT2D eigenvalue weighted by Crippen LogP contribution is 2.38. The monoisotopic (exact) mass is 300 g/mol. The van der Waals surface area contributed by atoms with Crippen molar-refractivity contribution in [2.24, 2.45) is 0 Å². The molecule has 0 fully saturated rings. The average Bonchev–Trinajstić information content (AvgIpc) is 2.49. The second kappa shape index (κ2) is 6.59. The molecule has 1 rings (SSSR count). The van der Waals surface area contributed by atoms with Gasteiger partial charge < -0.3 is 5.11 Å². The lowest BCUT2D eigenvalue weighted by Crippen LogP contribution is -2.53. The molecule has 0 aromatic heterocycles. The number of hydrogen-bond donors (Lipinski definition) is 1. The number of halogens is 2. The highest BCUT2D eigenvalue weighted by molar-refractivity contribution is 7.06. The van der Waals surface area contributed by atoms with E-state index in [0.717, 1.165) is 0 Å². The maximum Gasteiger partial charge on any atom is 0.330 e. The minimum Gasteiger partial charge on any atom is -0.382 e. The van der Waals surface area contributed by atoms with Gasteiger partial charge in [-0.05, 0) is 5.56 Å². The molecular weight excluding hydrogens is 278 g/mol. The molecule has 1 atom stereocenters. The van der Waals surface area contributed by atoms with Crippen LogP contribution in [0.5, 0.6) is 0 Å². The van der Waals surface area contributed by atoms with E-state index in [-0.39, 0.29) is 5.56 Å². The fourth-order valence-electron chi connectivity index (χ4n) is 2.55. The van der Waals surface area contributed by atoms with Crippen molar-refractivity contribution >= 4 is 13.5 Å². The van der Waals surface area contributed by atoms with Crippen LogP contribution < -0.4 is 0 Å². The first-order chi connectivity index (χ1) is 9.35. The molecule has 0 amide bonds. The van der Waals surface area contributed by atoms with Gasteiger partial charge >= 0.3 is 5.92 Å². The van der Waals surface area contributed by atoms with Crippen LogP contribution in [0.1, 0.15) is 32.4 Å². The zero-order valence-corrected chi connectivity index (χ0v) is 13.2. The van der Waals surface area contributed by atoms with Crippen LogP contribution in [-0.2, 0) is 4.79 Å². The molecule has 2 nitrogen and oxygen atoms in total. The quantitative estimate of drug-likeness (QED) is 0.774. The van der Waals surface area contributed by atoms with Gasteiger partial charge in [-0.15, -0.1) is 0 Å². The Morgan fingerprint density at radius 1 is 1.15 bits per heavy atom. The van der Waals surface area contributed by atoms with Crippen molar-refractivity contribution in [1.82, 2.24) is 0 Å². The standard InChI is InChI=1S/C15H22F2O2Si/c1-4-20(5-2,6-3)14(19)15(16,17)13(18)12-10-8-7-9-11-12/h7-11,13,18H,4-6H2,1-3H3. The van der Waals surface area contributed by atoms with Crippen molar-refractivity contribution in [3.05, 3.63) is 35.9 Å². The van der Waals surface area contributed by atoms with Gasteiger partial charge in [-0.3, -0.25) is 4.79 Å². The molecule has 0 saturated heterocycles. The largest absolute Gasteiger partial charge is 0.382 e. The van der Waals surface area contributed by atoms with Crippen molar-refractivity contribution in [2.45, 2.75) is 50.9 Å². The van der Waals surface area contributed by atoms with Crippen LogP contribution in [0.3, 0.4) is 0 Å². The lowest BCUT2D eigenvalue weighted by molar-refractivity contribution is -0.154. The van der Waals surface area contributed by atoms with E-state index in [1.807, 2.05) is 0 Å². The first kappa shape index (κ1) is 17.0. The molecule has 0 radical (unpaired) electrons. The van der Waals surface area contributed by atoms with E-state index < -0.39 is 25.5 Å². The maximum absolute atomic E-state index is 14.4. The highest BCUT2D eigenvalue weighted by Gasteiger charge is 2.55. The van der Waals surface area contributed by atoms with Crippen LogP contribution in [-0.4, -0.2) is 24.5 Å². The smallest absolute Gasteiger partial charge is 0.330 e. The molecule has 0 aliphatic carbocycles. The number of benzene rings is 1. The SMILES string of the molecule is CC[Si](CC)(CC)C(=O)C(F)(F)C(O)c1ccccc1. The maximum atomic E-state index is 14.4. The summed E-state index contributed by atoms with van der Waals surface area (Å²) in [7, 11) is -2.70. The summed E-state index contributed by atoms with van der Waals surface area (Å²) in [4.78, 5) is 12.3. The first-order valence-corrected chi connectivity index (χ1v) is 9.63. The molecule has 1 N–H and O–H groups in total. The van der Waals surface area contributed by atoms with Gasteiger partial charge in [0.2, 0.25) is 0 Å². The van der Waals surface area contributed by atoms with Gasteiger partial charge in [-0.25, -0.2) is 0 Å². The van der Waals surface area contributed by atoms with E-state index in [1.165, 1.54) is 12.1 Å². The Morgan fingerprint density at radius 2 is 1.60 bits per heavy atom. The number of aliphatic hydroxyl groups is 1. The number of alkyl halides is 2. The Balaban J connectivity index is 3.12. The highest BCUT2D eigenvalue weighted by atomic mass is 28.3. The fourth-order valence-corrected chi connectivity index (χ4v) is 5.86. The summed E-state index contributed by atoms with van der Waals surface area (Å²) in [5.74, 6) is -3.71. The Kier molecular flexibility index (Phi) is 5.59. The predicted molar refractivity (Wildman–Crippen MR) is 78.6 cm³/mol. The molecule has 1 aromatic rings. The van der Waals surface area contributed by atoms with Crippen molar-refractivity contribution in [3.63, 3.8) is 0 Å². The van der Waals surface area contributed by atoms with Gasteiger partial charge in [0, 0.05) is 0 Å². The first-order valence-electron chi connectivity index (χ1n) is 7.01. The molecular formula is C15H22F2O2Si. The topological polar surface area (TPSA) is 37.3 Å². The lowest BCUT2D eigenvalue weighted by atomic mass is 10.0. The molecule has 1 aromatic carbocycles. The summed E-state index contributed by atoms with van der Waals surface area (Å²) in [5.41, 5.74) is 0.0806. The molecule has 0 saturated carbocycles. The van der Waals surface area contributed by atoms with Crippen LogP contribution in [0.15, 0.2) is 30.3 Å². The second-order valence-electron chi connectivity index (χ2n) is 5.11. The summed E-state index contributed by atoms with van der Waals surface area (Å²) < 4.78 is 28.8. The third kappa shape index (κ3) is 2.98. The average molecular weight is 300 g/mol. The normalized spacial score (nSPS) is 14.1. The summed E-state index contributed by atoms with van der Waals surface area (Å²) in [6, 6.07) is 9.10. The minimum atomic E-state index is -3.71. The summed E-state index contributed by atoms with van der Waals surface area (Å²) in [5, 5.41) is 8.90. The lowest BCUT2D eigenvalue weighted by Gasteiger charge is -2.32. The number of aliphatic hydroxyl groups excluding tert-OH is 1. The van der Waals surface area contributed by atoms with Crippen molar-refractivity contribution in [1.29, 1.82) is 0 Å². The third-order valence-corrected chi connectivity index (χ3v) is 9.63. The molecule has 20 heavy (non-hydrogen) atoms. The van der Waals surface area contributed by atoms with Crippen LogP contribution in [0.4, 0.5) is 8.78 Å². The Hall–Kier alpha value is -1.07. The van der Waals surface area contributed by atoms with Crippen molar-refractivity contribution in [2.75, 3.05) is 0 Å². The molecule has 1 unspecified atom stereocenters. The Morgan fingerprint density at radius 3 is 2.00 bits per heavy atom. The molecule has 0 aliphatic rings. The molecule has 0 bridgehead atoms. The molecule has 0 spiro atoms. The van der Waals surface area contributed by atoms with Crippen LogP contribution >= 0.6 is 0 Å². The molecule has 112 valence electrons. The van der Waals surface area contributed by atoms with Gasteiger partial charge in [0.05, 0.1) is 0 Å². The van der Waals surface area contributed by atoms with Crippen molar-refractivity contribution in [3.8, 4) is 0 Å². The number of rotatable bonds is 7. The van der Waals surface area contributed by atoms with Gasteiger partial charge in [0.15, 0.2) is 5.41 Å². The summed E-state index contributed by atoms with van der Waals surface area (Å²) in [6.45, 7) is 5.38. The minimum absolute atomic E-state index is 0.0806. The van der Waals surface area contributed by atoms with Crippen molar-refractivity contribution < 1.29 is 18.7 Å². The van der Waals surface area contributed by atoms with Crippen LogP contribution in [0.25, 0.3) is 0 Å². The van der Waals surface area contributed by atoms with E-state index in [2.05, 4.69) is 0 Å². The Labute approximate surface area is 119 Å². The number of carbonyl (C=O) groups excluding carboxylic acids is 1. The zero-order valence-electron chi connectivity index (χ0n) is 12.2. The van der Waals surface area contributed by atoms with E-state index in [1.54, 1.807) is 39.0 Å². The number of hydrogen-bond acceptors (Lipinski definition) is 2.